The minimum atomic E-state index is -3.23. The molecule has 0 bridgehead atoms. The van der Waals surface area contributed by atoms with Crippen molar-refractivity contribution in [2.24, 2.45) is 0 Å². The van der Waals surface area contributed by atoms with Crippen LogP contribution in [0.5, 0.6) is 0 Å². The van der Waals surface area contributed by atoms with Crippen molar-refractivity contribution in [2.45, 2.75) is 46.1 Å². The van der Waals surface area contributed by atoms with Gasteiger partial charge in [-0.15, -0.1) is 0 Å². The fraction of sp³-hybridized carbons (Fsp3) is 0.524. The molecule has 0 spiro atoms. The maximum Gasteiger partial charge on any atom is 0.224 e. The predicted octanol–water partition coefficient (Wildman–Crippen LogP) is 2.93. The van der Waals surface area contributed by atoms with Crippen molar-refractivity contribution < 1.29 is 8.42 Å². The maximum absolute atomic E-state index is 12.0. The van der Waals surface area contributed by atoms with Gasteiger partial charge < -0.3 is 10.6 Å². The molecule has 31 heavy (non-hydrogen) atoms. The molecule has 1 unspecified atom stereocenters. The molecule has 2 N–H and O–H groups in total. The van der Waals surface area contributed by atoms with Crippen molar-refractivity contribution in [3.05, 3.63) is 29.9 Å². The Hall–Kier alpha value is -2.59. The van der Waals surface area contributed by atoms with E-state index in [0.29, 0.717) is 30.5 Å². The highest BCUT2D eigenvalue weighted by atomic mass is 32.2. The van der Waals surface area contributed by atoms with Crippen LogP contribution < -0.4 is 10.6 Å². The molecule has 1 aliphatic heterocycles. The maximum atomic E-state index is 12.0. The number of sulfonamides is 1. The Balaban J connectivity index is 1.96. The second kappa shape index (κ2) is 10.1. The molecule has 0 saturated carbocycles. The first kappa shape index (κ1) is 23.1. The predicted molar refractivity (Wildman–Crippen MR) is 124 cm³/mol. The summed E-state index contributed by atoms with van der Waals surface area (Å²) in [7, 11) is -3.23. The van der Waals surface area contributed by atoms with Gasteiger partial charge in [0.15, 0.2) is 0 Å². The van der Waals surface area contributed by atoms with Gasteiger partial charge in [0.25, 0.3) is 0 Å². The Morgan fingerprint density at radius 2 is 2.06 bits per heavy atom. The Kier molecular flexibility index (Phi) is 7.55. The molecule has 1 fully saturated rings. The lowest BCUT2D eigenvalue weighted by molar-refractivity contribution is 0.329. The third kappa shape index (κ3) is 5.98. The Bertz CT molecular complexity index is 1040. The lowest BCUT2D eigenvalue weighted by atomic mass is 10.1. The quantitative estimate of drug-likeness (QED) is 0.638. The number of allylic oxidation sites excluding steroid dienone is 1. The summed E-state index contributed by atoms with van der Waals surface area (Å²) in [4.78, 5) is 18.3. The second-order valence-electron chi connectivity index (χ2n) is 7.71. The van der Waals surface area contributed by atoms with Crippen molar-refractivity contribution in [3.8, 4) is 11.3 Å². The van der Waals surface area contributed by atoms with Crippen LogP contribution in [0.25, 0.3) is 17.3 Å². The van der Waals surface area contributed by atoms with Crippen molar-refractivity contribution in [3.63, 3.8) is 0 Å². The lowest BCUT2D eigenvalue weighted by Crippen LogP contribution is -2.44. The molecule has 1 atom stereocenters. The summed E-state index contributed by atoms with van der Waals surface area (Å²) >= 11 is 0. The Morgan fingerprint density at radius 1 is 1.26 bits per heavy atom. The van der Waals surface area contributed by atoms with Gasteiger partial charge in [-0.2, -0.15) is 4.98 Å². The average Bonchev–Trinajstić information content (AvgIpc) is 2.74. The van der Waals surface area contributed by atoms with Gasteiger partial charge in [-0.1, -0.05) is 13.0 Å². The van der Waals surface area contributed by atoms with Gasteiger partial charge in [-0.25, -0.2) is 22.7 Å². The molecule has 3 rings (SSSR count). The van der Waals surface area contributed by atoms with Gasteiger partial charge in [0, 0.05) is 31.9 Å². The first-order valence-electron chi connectivity index (χ1n) is 10.6. The van der Waals surface area contributed by atoms with Crippen LogP contribution in [0.4, 0.5) is 11.8 Å². The molecule has 0 radical (unpaired) electrons. The summed E-state index contributed by atoms with van der Waals surface area (Å²) < 4.78 is 25.5. The van der Waals surface area contributed by atoms with E-state index in [-0.39, 0.29) is 6.04 Å². The number of hydrogen-bond acceptors (Lipinski definition) is 8. The normalized spacial score (nSPS) is 17.7. The summed E-state index contributed by atoms with van der Waals surface area (Å²) in [5.41, 5.74) is 3.03. The molecule has 0 aromatic carbocycles. The number of hydrogen-bond donors (Lipinski definition) is 2. The van der Waals surface area contributed by atoms with E-state index in [4.69, 9.17) is 4.98 Å². The first-order chi connectivity index (χ1) is 14.8. The summed E-state index contributed by atoms with van der Waals surface area (Å²) in [6, 6.07) is -0.0513. The molecular formula is C21H31N7O2S. The highest BCUT2D eigenvalue weighted by Gasteiger charge is 2.27. The van der Waals surface area contributed by atoms with Crippen LogP contribution in [0.15, 0.2) is 18.5 Å². The second-order valence-corrected chi connectivity index (χ2v) is 9.70. The third-order valence-corrected chi connectivity index (χ3v) is 6.38. The van der Waals surface area contributed by atoms with E-state index in [2.05, 4.69) is 32.5 Å². The van der Waals surface area contributed by atoms with Gasteiger partial charge in [0.05, 0.1) is 35.1 Å². The third-order valence-electron chi connectivity index (χ3n) is 5.11. The molecule has 3 heterocycles. The number of nitrogens with one attached hydrogen (secondary N) is 2. The van der Waals surface area contributed by atoms with E-state index in [1.54, 1.807) is 12.4 Å². The van der Waals surface area contributed by atoms with Gasteiger partial charge >= 0.3 is 0 Å². The molecule has 9 nitrogen and oxygen atoms in total. The van der Waals surface area contributed by atoms with Crippen molar-refractivity contribution in [2.75, 3.05) is 36.5 Å². The van der Waals surface area contributed by atoms with E-state index in [9.17, 15) is 8.42 Å². The van der Waals surface area contributed by atoms with E-state index in [0.717, 1.165) is 42.8 Å². The molecule has 2 aromatic heterocycles. The highest BCUT2D eigenvalue weighted by Crippen LogP contribution is 2.28. The molecule has 1 aliphatic rings. The number of piperidine rings is 1. The smallest absolute Gasteiger partial charge is 0.224 e. The molecule has 10 heteroatoms. The topological polar surface area (TPSA) is 113 Å². The first-order valence-corrected chi connectivity index (χ1v) is 12.5. The fourth-order valence-corrected chi connectivity index (χ4v) is 4.38. The Morgan fingerprint density at radius 3 is 2.77 bits per heavy atom. The van der Waals surface area contributed by atoms with Crippen LogP contribution in [0.1, 0.15) is 44.5 Å². The minimum absolute atomic E-state index is 0.0513. The van der Waals surface area contributed by atoms with Crippen LogP contribution in [0.2, 0.25) is 0 Å². The van der Waals surface area contributed by atoms with Gasteiger partial charge in [0.1, 0.15) is 5.82 Å². The Labute approximate surface area is 184 Å². The minimum Gasteiger partial charge on any atom is -0.365 e. The molecule has 1 saturated heterocycles. The number of anilines is 2. The standard InChI is InChI=1S/C21H31N7O2S/c1-5-8-18-15(3)23-13-19(26-18)17-12-24-21(22-10-6-2)27-20(17)25-16-9-7-11-28(14-16)31(4,29)30/h5,8,12-13,16H,6-7,9-11,14H2,1-4H3,(H2,22,24,25,27)/b8-5-. The zero-order chi connectivity index (χ0) is 22.4. The van der Waals surface area contributed by atoms with Crippen molar-refractivity contribution in [1.29, 1.82) is 0 Å². The van der Waals surface area contributed by atoms with Gasteiger partial charge in [-0.05, 0) is 39.2 Å². The van der Waals surface area contributed by atoms with Gasteiger partial charge in [-0.3, -0.25) is 4.98 Å². The van der Waals surface area contributed by atoms with Crippen molar-refractivity contribution >= 4 is 27.9 Å². The van der Waals surface area contributed by atoms with Crippen LogP contribution in [0, 0.1) is 6.92 Å². The average molecular weight is 446 g/mol. The van der Waals surface area contributed by atoms with E-state index in [1.165, 1.54) is 10.6 Å². The number of aromatic nitrogens is 4. The fourth-order valence-electron chi connectivity index (χ4n) is 3.47. The highest BCUT2D eigenvalue weighted by molar-refractivity contribution is 7.88. The number of nitrogens with zero attached hydrogens (tertiary/aromatic N) is 5. The SMILES string of the molecule is C/C=C\c1nc(-c2cnc(NCCC)nc2NC2CCCN(S(C)(=O)=O)C2)cnc1C. The van der Waals surface area contributed by atoms with E-state index < -0.39 is 10.0 Å². The van der Waals surface area contributed by atoms with Crippen LogP contribution in [-0.4, -0.2) is 64.6 Å². The zero-order valence-corrected chi connectivity index (χ0v) is 19.4. The van der Waals surface area contributed by atoms with Gasteiger partial charge in [0.2, 0.25) is 16.0 Å². The number of aryl methyl sites for hydroxylation is 1. The summed E-state index contributed by atoms with van der Waals surface area (Å²) in [6.07, 6.45) is 11.2. The molecule has 168 valence electrons. The summed E-state index contributed by atoms with van der Waals surface area (Å²) in [6.45, 7) is 7.65. The molecular weight excluding hydrogens is 414 g/mol. The van der Waals surface area contributed by atoms with E-state index in [1.807, 2.05) is 26.0 Å². The summed E-state index contributed by atoms with van der Waals surface area (Å²) in [5.74, 6) is 1.15. The molecule has 0 aliphatic carbocycles. The summed E-state index contributed by atoms with van der Waals surface area (Å²) in [5, 5.41) is 6.66. The number of rotatable bonds is 8. The van der Waals surface area contributed by atoms with Crippen molar-refractivity contribution in [1.82, 2.24) is 24.2 Å². The molecule has 2 aromatic rings. The monoisotopic (exact) mass is 445 g/mol. The van der Waals surface area contributed by atoms with Crippen LogP contribution in [-0.2, 0) is 10.0 Å². The molecule has 0 amide bonds. The van der Waals surface area contributed by atoms with Crippen LogP contribution in [0.3, 0.4) is 0 Å². The lowest BCUT2D eigenvalue weighted by Gasteiger charge is -2.32. The van der Waals surface area contributed by atoms with E-state index >= 15 is 0 Å². The largest absolute Gasteiger partial charge is 0.365 e. The van der Waals surface area contributed by atoms with Crippen LogP contribution >= 0.6 is 0 Å². The zero-order valence-electron chi connectivity index (χ0n) is 18.6.